The Kier molecular flexibility index (Phi) is 3.19. The summed E-state index contributed by atoms with van der Waals surface area (Å²) in [4.78, 5) is 11.5. The van der Waals surface area contributed by atoms with Crippen molar-refractivity contribution in [2.45, 2.75) is 40.0 Å². The molecule has 80 valence electrons. The highest BCUT2D eigenvalue weighted by Crippen LogP contribution is 2.38. The first-order chi connectivity index (χ1) is 6.46. The molecule has 0 aromatic rings. The van der Waals surface area contributed by atoms with Crippen LogP contribution >= 0.6 is 0 Å². The van der Waals surface area contributed by atoms with E-state index in [0.29, 0.717) is 25.0 Å². The monoisotopic (exact) mass is 198 g/mol. The van der Waals surface area contributed by atoms with Crippen molar-refractivity contribution < 1.29 is 14.6 Å². The van der Waals surface area contributed by atoms with Gasteiger partial charge in [-0.05, 0) is 25.2 Å². The zero-order valence-corrected chi connectivity index (χ0v) is 9.09. The standard InChI is InChI=1S/C11H18O3/c1-4-14-10(13)8-7-11(2,3)6-5-9(8)12/h12H,4-7H2,1-3H3. The van der Waals surface area contributed by atoms with Gasteiger partial charge in [0.2, 0.25) is 0 Å². The Morgan fingerprint density at radius 3 is 2.79 bits per heavy atom. The second-order valence-corrected chi connectivity index (χ2v) is 4.49. The number of carbonyl (C=O) groups excluding carboxylic acids is 1. The summed E-state index contributed by atoms with van der Waals surface area (Å²) in [7, 11) is 0. The quantitative estimate of drug-likeness (QED) is 0.694. The molecule has 0 aliphatic heterocycles. The van der Waals surface area contributed by atoms with Crippen molar-refractivity contribution in [1.82, 2.24) is 0 Å². The van der Waals surface area contributed by atoms with Crippen molar-refractivity contribution in [1.29, 1.82) is 0 Å². The number of aliphatic hydroxyl groups excluding tert-OH is 1. The molecule has 3 heteroatoms. The molecular weight excluding hydrogens is 180 g/mol. The van der Waals surface area contributed by atoms with Gasteiger partial charge in [-0.25, -0.2) is 4.79 Å². The van der Waals surface area contributed by atoms with E-state index in [4.69, 9.17) is 4.74 Å². The van der Waals surface area contributed by atoms with Crippen LogP contribution in [0.2, 0.25) is 0 Å². The third-order valence-electron chi connectivity index (χ3n) is 2.56. The van der Waals surface area contributed by atoms with E-state index in [2.05, 4.69) is 13.8 Å². The van der Waals surface area contributed by atoms with E-state index in [9.17, 15) is 9.90 Å². The number of esters is 1. The number of ether oxygens (including phenoxy) is 1. The van der Waals surface area contributed by atoms with Gasteiger partial charge in [-0.15, -0.1) is 0 Å². The van der Waals surface area contributed by atoms with Gasteiger partial charge in [0, 0.05) is 6.42 Å². The lowest BCUT2D eigenvalue weighted by molar-refractivity contribution is -0.139. The highest BCUT2D eigenvalue weighted by molar-refractivity contribution is 5.89. The Bertz CT molecular complexity index is 264. The first-order valence-electron chi connectivity index (χ1n) is 5.04. The van der Waals surface area contributed by atoms with Crippen LogP contribution < -0.4 is 0 Å². The number of carbonyl (C=O) groups is 1. The van der Waals surface area contributed by atoms with Gasteiger partial charge in [-0.3, -0.25) is 0 Å². The molecule has 0 bridgehead atoms. The van der Waals surface area contributed by atoms with Crippen molar-refractivity contribution >= 4 is 5.97 Å². The largest absolute Gasteiger partial charge is 0.512 e. The van der Waals surface area contributed by atoms with Crippen molar-refractivity contribution in [3.8, 4) is 0 Å². The molecule has 3 nitrogen and oxygen atoms in total. The van der Waals surface area contributed by atoms with E-state index >= 15 is 0 Å². The Labute approximate surface area is 84.8 Å². The van der Waals surface area contributed by atoms with Crippen LogP contribution in [0.15, 0.2) is 11.3 Å². The molecule has 0 aromatic carbocycles. The second kappa shape index (κ2) is 4.03. The predicted octanol–water partition coefficient (Wildman–Crippen LogP) is 2.57. The number of rotatable bonds is 2. The molecule has 1 aliphatic rings. The smallest absolute Gasteiger partial charge is 0.337 e. The molecule has 0 amide bonds. The van der Waals surface area contributed by atoms with E-state index in [1.54, 1.807) is 6.92 Å². The molecular formula is C11H18O3. The third-order valence-corrected chi connectivity index (χ3v) is 2.56. The average Bonchev–Trinajstić information content (AvgIpc) is 2.10. The number of hydrogen-bond donors (Lipinski definition) is 1. The van der Waals surface area contributed by atoms with E-state index in [1.807, 2.05) is 0 Å². The van der Waals surface area contributed by atoms with Crippen molar-refractivity contribution in [2.24, 2.45) is 5.41 Å². The molecule has 1 aliphatic carbocycles. The van der Waals surface area contributed by atoms with Gasteiger partial charge in [0.25, 0.3) is 0 Å². The number of aliphatic hydroxyl groups is 1. The lowest BCUT2D eigenvalue weighted by atomic mass is 9.76. The third kappa shape index (κ3) is 2.50. The van der Waals surface area contributed by atoms with Crippen molar-refractivity contribution in [3.05, 3.63) is 11.3 Å². The Hall–Kier alpha value is -0.990. The zero-order valence-electron chi connectivity index (χ0n) is 9.09. The molecule has 0 saturated heterocycles. The molecule has 0 fully saturated rings. The summed E-state index contributed by atoms with van der Waals surface area (Å²) >= 11 is 0. The minimum absolute atomic E-state index is 0.0916. The highest BCUT2D eigenvalue weighted by atomic mass is 16.5. The molecule has 0 unspecified atom stereocenters. The molecule has 0 aromatic heterocycles. The molecule has 0 atom stereocenters. The van der Waals surface area contributed by atoms with E-state index < -0.39 is 0 Å². The van der Waals surface area contributed by atoms with Crippen LogP contribution in [-0.4, -0.2) is 17.7 Å². The fourth-order valence-electron chi connectivity index (χ4n) is 1.68. The van der Waals surface area contributed by atoms with Gasteiger partial charge in [-0.2, -0.15) is 0 Å². The zero-order chi connectivity index (χ0) is 10.8. The summed E-state index contributed by atoms with van der Waals surface area (Å²) < 4.78 is 4.89. The first-order valence-corrected chi connectivity index (χ1v) is 5.04. The van der Waals surface area contributed by atoms with Gasteiger partial charge in [0.15, 0.2) is 0 Å². The topological polar surface area (TPSA) is 46.5 Å². The molecule has 0 saturated carbocycles. The van der Waals surface area contributed by atoms with E-state index in [0.717, 1.165) is 6.42 Å². The maximum absolute atomic E-state index is 11.5. The van der Waals surface area contributed by atoms with Crippen LogP contribution in [-0.2, 0) is 9.53 Å². The van der Waals surface area contributed by atoms with E-state index in [-0.39, 0.29) is 17.1 Å². The van der Waals surface area contributed by atoms with Crippen LogP contribution in [0.3, 0.4) is 0 Å². The normalized spacial score (nSPS) is 20.8. The summed E-state index contributed by atoms with van der Waals surface area (Å²) in [6, 6.07) is 0. The summed E-state index contributed by atoms with van der Waals surface area (Å²) in [6.45, 7) is 6.32. The summed E-state index contributed by atoms with van der Waals surface area (Å²) in [6.07, 6.45) is 2.11. The van der Waals surface area contributed by atoms with E-state index in [1.165, 1.54) is 0 Å². The molecule has 14 heavy (non-hydrogen) atoms. The fourth-order valence-corrected chi connectivity index (χ4v) is 1.68. The number of hydrogen-bond acceptors (Lipinski definition) is 3. The lowest BCUT2D eigenvalue weighted by Gasteiger charge is -2.30. The minimum Gasteiger partial charge on any atom is -0.512 e. The van der Waals surface area contributed by atoms with Crippen LogP contribution in [0, 0.1) is 5.41 Å². The first kappa shape index (κ1) is 11.1. The summed E-state index contributed by atoms with van der Waals surface area (Å²) in [5, 5.41) is 9.58. The van der Waals surface area contributed by atoms with Crippen LogP contribution in [0.5, 0.6) is 0 Å². The maximum Gasteiger partial charge on any atom is 0.337 e. The van der Waals surface area contributed by atoms with Crippen LogP contribution in [0.4, 0.5) is 0 Å². The number of allylic oxidation sites excluding steroid dienone is 1. The average molecular weight is 198 g/mol. The molecule has 1 rings (SSSR count). The molecule has 0 spiro atoms. The summed E-state index contributed by atoms with van der Waals surface area (Å²) in [5.41, 5.74) is 0.553. The Balaban J connectivity index is 2.79. The molecule has 0 heterocycles. The Morgan fingerprint density at radius 2 is 2.21 bits per heavy atom. The lowest BCUT2D eigenvalue weighted by Crippen LogP contribution is -2.23. The van der Waals surface area contributed by atoms with Crippen LogP contribution in [0.1, 0.15) is 40.0 Å². The van der Waals surface area contributed by atoms with Crippen molar-refractivity contribution in [3.63, 3.8) is 0 Å². The highest BCUT2D eigenvalue weighted by Gasteiger charge is 2.31. The Morgan fingerprint density at radius 1 is 1.57 bits per heavy atom. The maximum atomic E-state index is 11.5. The SMILES string of the molecule is CCOC(=O)C1=C(O)CCC(C)(C)C1. The fraction of sp³-hybridized carbons (Fsp3) is 0.727. The van der Waals surface area contributed by atoms with Gasteiger partial charge < -0.3 is 9.84 Å². The van der Waals surface area contributed by atoms with Gasteiger partial charge in [0.05, 0.1) is 12.2 Å². The van der Waals surface area contributed by atoms with Crippen LogP contribution in [0.25, 0.3) is 0 Å². The minimum atomic E-state index is -0.363. The summed E-state index contributed by atoms with van der Waals surface area (Å²) in [5.74, 6) is -0.152. The van der Waals surface area contributed by atoms with Gasteiger partial charge in [-0.1, -0.05) is 13.8 Å². The second-order valence-electron chi connectivity index (χ2n) is 4.49. The van der Waals surface area contributed by atoms with Gasteiger partial charge in [0.1, 0.15) is 5.76 Å². The predicted molar refractivity (Wildman–Crippen MR) is 53.9 cm³/mol. The molecule has 1 N–H and O–H groups in total. The van der Waals surface area contributed by atoms with Crippen molar-refractivity contribution in [2.75, 3.05) is 6.61 Å². The molecule has 0 radical (unpaired) electrons. The van der Waals surface area contributed by atoms with Gasteiger partial charge >= 0.3 is 5.97 Å².